The molecule has 1 N–H and O–H groups in total. The number of rotatable bonds is 4. The molecule has 0 bridgehead atoms. The zero-order valence-electron chi connectivity index (χ0n) is 11.6. The molecule has 1 heterocycles. The summed E-state index contributed by atoms with van der Waals surface area (Å²) in [6.45, 7) is 4.28. The van der Waals surface area contributed by atoms with E-state index in [0.29, 0.717) is 23.6 Å². The van der Waals surface area contributed by atoms with Crippen molar-refractivity contribution in [3.05, 3.63) is 51.4 Å². The topological polar surface area (TPSA) is 51.5 Å². The fourth-order valence-corrected chi connectivity index (χ4v) is 2.31. The zero-order valence-corrected chi connectivity index (χ0v) is 13.2. The molecule has 20 heavy (non-hydrogen) atoms. The first kappa shape index (κ1) is 14.7. The maximum Gasteiger partial charge on any atom is 0.341 e. The van der Waals surface area contributed by atoms with E-state index in [1.54, 1.807) is 13.0 Å². The van der Waals surface area contributed by atoms with Crippen molar-refractivity contribution >= 4 is 27.6 Å². The van der Waals surface area contributed by atoms with E-state index in [1.807, 2.05) is 25.1 Å². The lowest BCUT2D eigenvalue weighted by atomic mass is 10.2. The second kappa shape index (κ2) is 6.13. The summed E-state index contributed by atoms with van der Waals surface area (Å²) in [4.78, 5) is 11.5. The van der Waals surface area contributed by atoms with E-state index < -0.39 is 0 Å². The van der Waals surface area contributed by atoms with Gasteiger partial charge in [-0.15, -0.1) is 0 Å². The summed E-state index contributed by atoms with van der Waals surface area (Å²) in [6.07, 6.45) is 0. The van der Waals surface area contributed by atoms with Crippen LogP contribution in [-0.4, -0.2) is 13.1 Å². The van der Waals surface area contributed by atoms with Gasteiger partial charge in [0.2, 0.25) is 0 Å². The molecular formula is C15H16BrNO3. The van der Waals surface area contributed by atoms with Crippen molar-refractivity contribution in [3.8, 4) is 0 Å². The van der Waals surface area contributed by atoms with Crippen LogP contribution in [0.2, 0.25) is 0 Å². The normalized spacial score (nSPS) is 10.4. The number of hydrogen-bond donors (Lipinski definition) is 1. The molecule has 2 aromatic rings. The van der Waals surface area contributed by atoms with Gasteiger partial charge in [-0.1, -0.05) is 12.1 Å². The van der Waals surface area contributed by atoms with Crippen LogP contribution in [-0.2, 0) is 11.3 Å². The van der Waals surface area contributed by atoms with Gasteiger partial charge in [0.15, 0.2) is 0 Å². The molecule has 0 radical (unpaired) electrons. The number of furan rings is 1. The molecule has 0 aliphatic carbocycles. The predicted molar refractivity (Wildman–Crippen MR) is 81.0 cm³/mol. The van der Waals surface area contributed by atoms with Crippen LogP contribution in [0.4, 0.5) is 5.69 Å². The van der Waals surface area contributed by atoms with Crippen LogP contribution in [0.15, 0.2) is 33.2 Å². The number of nitrogens with one attached hydrogen (secondary N) is 1. The van der Waals surface area contributed by atoms with Crippen molar-refractivity contribution in [2.24, 2.45) is 0 Å². The highest BCUT2D eigenvalue weighted by atomic mass is 79.9. The van der Waals surface area contributed by atoms with E-state index in [1.165, 1.54) is 7.11 Å². The number of benzene rings is 1. The summed E-state index contributed by atoms with van der Waals surface area (Å²) < 4.78 is 11.3. The molecule has 0 atom stereocenters. The minimum Gasteiger partial charge on any atom is -0.465 e. The monoisotopic (exact) mass is 337 g/mol. The molecule has 0 aliphatic heterocycles. The fraction of sp³-hybridized carbons (Fsp3) is 0.267. The lowest BCUT2D eigenvalue weighted by Crippen LogP contribution is -2.01. The van der Waals surface area contributed by atoms with E-state index in [2.05, 4.69) is 21.2 Å². The highest BCUT2D eigenvalue weighted by molar-refractivity contribution is 9.10. The molecule has 0 aliphatic rings. The van der Waals surface area contributed by atoms with Crippen LogP contribution < -0.4 is 5.32 Å². The van der Waals surface area contributed by atoms with Crippen molar-refractivity contribution in [1.29, 1.82) is 0 Å². The van der Waals surface area contributed by atoms with Gasteiger partial charge in [-0.2, -0.15) is 0 Å². The quantitative estimate of drug-likeness (QED) is 0.855. The zero-order chi connectivity index (χ0) is 14.7. The highest BCUT2D eigenvalue weighted by Gasteiger charge is 2.15. The molecule has 1 aromatic heterocycles. The van der Waals surface area contributed by atoms with Crippen LogP contribution in [0, 0.1) is 13.8 Å². The third-order valence-electron chi connectivity index (χ3n) is 3.02. The Hall–Kier alpha value is -1.75. The van der Waals surface area contributed by atoms with E-state index in [0.717, 1.165) is 15.7 Å². The van der Waals surface area contributed by atoms with E-state index in [4.69, 9.17) is 9.15 Å². The maximum absolute atomic E-state index is 11.5. The van der Waals surface area contributed by atoms with Crippen LogP contribution >= 0.6 is 15.9 Å². The summed E-state index contributed by atoms with van der Waals surface area (Å²) in [6, 6.07) is 7.70. The summed E-state index contributed by atoms with van der Waals surface area (Å²) in [5.41, 5.74) is 2.60. The Labute approximate surface area is 126 Å². The van der Waals surface area contributed by atoms with E-state index in [9.17, 15) is 4.79 Å². The van der Waals surface area contributed by atoms with Gasteiger partial charge in [-0.05, 0) is 47.5 Å². The Morgan fingerprint density at radius 2 is 2.15 bits per heavy atom. The Bertz CT molecular complexity index is 634. The van der Waals surface area contributed by atoms with Crippen LogP contribution in [0.5, 0.6) is 0 Å². The molecule has 106 valence electrons. The van der Waals surface area contributed by atoms with Gasteiger partial charge in [-0.25, -0.2) is 4.79 Å². The van der Waals surface area contributed by atoms with Crippen LogP contribution in [0.3, 0.4) is 0 Å². The molecule has 0 fully saturated rings. The standard InChI is InChI=1S/C15H16BrNO3/c1-9-5-4-6-13(14(9)16)17-8-11-7-12(10(2)20-11)15(18)19-3/h4-7,17H,8H2,1-3H3. The van der Waals surface area contributed by atoms with Gasteiger partial charge >= 0.3 is 5.97 Å². The molecule has 4 nitrogen and oxygen atoms in total. The van der Waals surface area contributed by atoms with E-state index in [-0.39, 0.29) is 5.97 Å². The number of anilines is 1. The minimum atomic E-state index is -0.380. The second-order valence-electron chi connectivity index (χ2n) is 4.46. The van der Waals surface area contributed by atoms with Gasteiger partial charge < -0.3 is 14.5 Å². The van der Waals surface area contributed by atoms with Gasteiger partial charge in [0.25, 0.3) is 0 Å². The van der Waals surface area contributed by atoms with Gasteiger partial charge in [-0.3, -0.25) is 0 Å². The van der Waals surface area contributed by atoms with Crippen molar-refractivity contribution < 1.29 is 13.9 Å². The summed E-state index contributed by atoms with van der Waals surface area (Å²) in [5.74, 6) is 0.877. The number of hydrogen-bond acceptors (Lipinski definition) is 4. The number of aryl methyl sites for hydroxylation is 2. The molecule has 1 aromatic carbocycles. The fourth-order valence-electron chi connectivity index (χ4n) is 1.91. The Morgan fingerprint density at radius 1 is 1.40 bits per heavy atom. The Balaban J connectivity index is 2.12. The first-order valence-corrected chi connectivity index (χ1v) is 6.99. The molecule has 0 unspecified atom stereocenters. The summed E-state index contributed by atoms with van der Waals surface area (Å²) in [7, 11) is 1.36. The Kier molecular flexibility index (Phi) is 4.49. The summed E-state index contributed by atoms with van der Waals surface area (Å²) in [5, 5.41) is 3.27. The van der Waals surface area contributed by atoms with Gasteiger partial charge in [0.05, 0.1) is 13.7 Å². The molecule has 0 saturated carbocycles. The first-order chi connectivity index (χ1) is 9.52. The summed E-state index contributed by atoms with van der Waals surface area (Å²) >= 11 is 3.54. The minimum absolute atomic E-state index is 0.380. The number of halogens is 1. The average Bonchev–Trinajstić information content (AvgIpc) is 2.81. The number of esters is 1. The first-order valence-electron chi connectivity index (χ1n) is 6.19. The lowest BCUT2D eigenvalue weighted by molar-refractivity contribution is 0.0599. The van der Waals surface area contributed by atoms with Crippen molar-refractivity contribution in [1.82, 2.24) is 0 Å². The molecule has 5 heteroatoms. The number of ether oxygens (including phenoxy) is 1. The molecule has 2 rings (SSSR count). The molecule has 0 saturated heterocycles. The van der Waals surface area contributed by atoms with E-state index >= 15 is 0 Å². The highest BCUT2D eigenvalue weighted by Crippen LogP contribution is 2.26. The van der Waals surface area contributed by atoms with Gasteiger partial charge in [0, 0.05) is 10.2 Å². The third kappa shape index (κ3) is 3.04. The second-order valence-corrected chi connectivity index (χ2v) is 5.26. The average molecular weight is 338 g/mol. The number of carbonyl (C=O) groups is 1. The van der Waals surface area contributed by atoms with Crippen molar-refractivity contribution in [3.63, 3.8) is 0 Å². The molecular weight excluding hydrogens is 322 g/mol. The third-order valence-corrected chi connectivity index (χ3v) is 4.07. The largest absolute Gasteiger partial charge is 0.465 e. The molecule has 0 amide bonds. The maximum atomic E-state index is 11.5. The SMILES string of the molecule is COC(=O)c1cc(CNc2cccc(C)c2Br)oc1C. The van der Waals surface area contributed by atoms with Crippen molar-refractivity contribution in [2.75, 3.05) is 12.4 Å². The predicted octanol–water partition coefficient (Wildman–Crippen LogP) is 4.06. The number of methoxy groups -OCH3 is 1. The smallest absolute Gasteiger partial charge is 0.341 e. The van der Waals surface area contributed by atoms with Crippen molar-refractivity contribution in [2.45, 2.75) is 20.4 Å². The van der Waals surface area contributed by atoms with Gasteiger partial charge in [0.1, 0.15) is 17.1 Å². The van der Waals surface area contributed by atoms with Crippen LogP contribution in [0.25, 0.3) is 0 Å². The van der Waals surface area contributed by atoms with Crippen LogP contribution in [0.1, 0.15) is 27.4 Å². The lowest BCUT2D eigenvalue weighted by Gasteiger charge is -2.08. The number of carbonyl (C=O) groups excluding carboxylic acids is 1. The molecule has 0 spiro atoms. The Morgan fingerprint density at radius 3 is 2.85 bits per heavy atom.